The van der Waals surface area contributed by atoms with Crippen molar-refractivity contribution < 1.29 is 45.0 Å². The fraction of sp³-hybridized carbons (Fsp3) is 0.300. The molecule has 14 heteroatoms. The molecule has 4 aromatic rings. The molecule has 1 unspecified atom stereocenters. The fourth-order valence-electron chi connectivity index (χ4n) is 4.94. The van der Waals surface area contributed by atoms with Crippen LogP contribution < -0.4 is 14.8 Å². The first-order chi connectivity index (χ1) is 20.9. The molecule has 1 amide bonds. The first kappa shape index (κ1) is 31.3. The molecule has 1 aliphatic heterocycles. The topological polar surface area (TPSA) is 73.3 Å². The van der Waals surface area contributed by atoms with Gasteiger partial charge in [-0.3, -0.25) is 9.78 Å². The molecule has 0 spiro atoms. The second kappa shape index (κ2) is 12.1. The number of alkyl halides is 7. The molecular weight excluding hydrogens is 619 g/mol. The minimum atomic E-state index is -4.64. The molecule has 0 bridgehead atoms. The number of benzene rings is 2. The number of hydrogen-bond donors (Lipinski definition) is 1. The first-order valence-corrected chi connectivity index (χ1v) is 13.5. The smallest absolute Gasteiger partial charge is 0.416 e. The van der Waals surface area contributed by atoms with Crippen LogP contribution in [0.15, 0.2) is 54.7 Å². The molecule has 0 aliphatic carbocycles. The van der Waals surface area contributed by atoms with Crippen LogP contribution in [0.3, 0.4) is 0 Å². The van der Waals surface area contributed by atoms with Crippen LogP contribution in [0.1, 0.15) is 33.1 Å². The van der Waals surface area contributed by atoms with Crippen molar-refractivity contribution in [2.45, 2.75) is 23.9 Å². The van der Waals surface area contributed by atoms with Crippen LogP contribution in [0.25, 0.3) is 22.2 Å². The number of nitrogens with zero attached hydrogens (tertiary/aromatic N) is 2. The summed E-state index contributed by atoms with van der Waals surface area (Å²) in [4.78, 5) is 21.5. The highest BCUT2D eigenvalue weighted by Crippen LogP contribution is 2.46. The zero-order chi connectivity index (χ0) is 31.8. The van der Waals surface area contributed by atoms with Gasteiger partial charge < -0.3 is 14.8 Å². The minimum absolute atomic E-state index is 0.0530. The molecule has 0 saturated carbocycles. The van der Waals surface area contributed by atoms with E-state index in [-0.39, 0.29) is 39.6 Å². The number of halogens is 8. The van der Waals surface area contributed by atoms with Crippen LogP contribution in [0, 0.1) is 0 Å². The number of amides is 1. The number of rotatable bonds is 9. The summed E-state index contributed by atoms with van der Waals surface area (Å²) in [7, 11) is 1.37. The van der Waals surface area contributed by atoms with Gasteiger partial charge in [0.1, 0.15) is 42.7 Å². The van der Waals surface area contributed by atoms with Crippen LogP contribution in [0.2, 0.25) is 5.02 Å². The Morgan fingerprint density at radius 2 is 1.82 bits per heavy atom. The molecule has 0 fully saturated rings. The Morgan fingerprint density at radius 3 is 2.43 bits per heavy atom. The maximum Gasteiger partial charge on any atom is 0.416 e. The van der Waals surface area contributed by atoms with Crippen molar-refractivity contribution in [1.82, 2.24) is 15.3 Å². The van der Waals surface area contributed by atoms with E-state index in [1.165, 1.54) is 25.4 Å². The summed E-state index contributed by atoms with van der Waals surface area (Å²) >= 11 is 6.02. The summed E-state index contributed by atoms with van der Waals surface area (Å²) in [6.45, 7) is -3.58. The molecule has 0 radical (unpaired) electrons. The van der Waals surface area contributed by atoms with Gasteiger partial charge in [0.05, 0.1) is 34.7 Å². The van der Waals surface area contributed by atoms with Crippen LogP contribution in [-0.2, 0) is 11.6 Å². The fourth-order valence-corrected chi connectivity index (χ4v) is 5.11. The van der Waals surface area contributed by atoms with Gasteiger partial charge >= 0.3 is 6.18 Å². The lowest BCUT2D eigenvalue weighted by Crippen LogP contribution is -2.34. The van der Waals surface area contributed by atoms with Crippen molar-refractivity contribution in [2.75, 3.05) is 33.6 Å². The predicted molar refractivity (Wildman–Crippen MR) is 148 cm³/mol. The van der Waals surface area contributed by atoms with Crippen LogP contribution in [0.4, 0.5) is 30.7 Å². The second-order valence-corrected chi connectivity index (χ2v) is 10.7. The van der Waals surface area contributed by atoms with E-state index in [9.17, 15) is 35.5 Å². The van der Waals surface area contributed by atoms with Crippen molar-refractivity contribution in [3.8, 4) is 22.8 Å². The Kier molecular flexibility index (Phi) is 8.61. The van der Waals surface area contributed by atoms with E-state index in [1.807, 2.05) is 0 Å². The highest BCUT2D eigenvalue weighted by molar-refractivity contribution is 6.31. The average Bonchev–Trinajstić information content (AvgIpc) is 3.38. The zero-order valence-electron chi connectivity index (χ0n) is 22.8. The lowest BCUT2D eigenvalue weighted by atomic mass is 9.83. The Balaban J connectivity index is 1.52. The van der Waals surface area contributed by atoms with E-state index < -0.39 is 61.9 Å². The lowest BCUT2D eigenvalue weighted by molar-refractivity contribution is -0.137. The average molecular weight is 642 g/mol. The van der Waals surface area contributed by atoms with Crippen LogP contribution in [0.5, 0.6) is 11.5 Å². The van der Waals surface area contributed by atoms with Gasteiger partial charge in [-0.1, -0.05) is 23.7 Å². The Labute approximate surface area is 251 Å². The number of methoxy groups -OCH3 is 1. The quantitative estimate of drug-likeness (QED) is 0.194. The van der Waals surface area contributed by atoms with Gasteiger partial charge in [-0.05, 0) is 36.4 Å². The number of hydrogen-bond acceptors (Lipinski definition) is 5. The first-order valence-electron chi connectivity index (χ1n) is 13.1. The van der Waals surface area contributed by atoms with Crippen LogP contribution >= 0.6 is 11.6 Å². The number of pyridine rings is 2. The van der Waals surface area contributed by atoms with E-state index in [0.717, 1.165) is 30.3 Å². The minimum Gasteiger partial charge on any atom is -0.494 e. The van der Waals surface area contributed by atoms with E-state index >= 15 is 0 Å². The molecular formula is C30H23ClF7N3O3. The summed E-state index contributed by atoms with van der Waals surface area (Å²) in [5, 5.41) is 3.19. The number of nitrogens with one attached hydrogen (secondary N) is 1. The highest BCUT2D eigenvalue weighted by atomic mass is 35.5. The summed E-state index contributed by atoms with van der Waals surface area (Å²) < 4.78 is 108. The summed E-state index contributed by atoms with van der Waals surface area (Å²) in [5.74, 6) is -2.39. The van der Waals surface area contributed by atoms with Gasteiger partial charge in [0, 0.05) is 34.8 Å². The maximum atomic E-state index is 14.5. The third-order valence-electron chi connectivity index (χ3n) is 7.42. The molecule has 2 aromatic heterocycles. The number of aromatic nitrogens is 2. The highest BCUT2D eigenvalue weighted by Gasteiger charge is 2.44. The lowest BCUT2D eigenvalue weighted by Gasteiger charge is -2.23. The summed E-state index contributed by atoms with van der Waals surface area (Å²) in [6.07, 6.45) is -6.35. The molecule has 1 atom stereocenters. The number of carbonyl (C=O) groups is 1. The standard InChI is InChI=1S/C30H23ClF7N3O3/c1-43-23-8-17(6-16-7-19(31)10-39-24(16)23)28(42)40-11-20(27(34)35)22-9-21-26(44-14-29(21,12-32)13-33)25(41-22)15-2-4-18(5-3-15)30(36,37)38/h2-10,20,27H,11-14H2,1H3,(H,40,42). The molecule has 3 heterocycles. The van der Waals surface area contributed by atoms with Crippen molar-refractivity contribution in [3.05, 3.63) is 82.1 Å². The SMILES string of the molecule is COc1cc(C(=O)NCC(c2cc3c(c(-c4ccc(C(F)(F)F)cc4)n2)OCC3(CF)CF)C(F)F)cc2cc(Cl)cnc12. The van der Waals surface area contributed by atoms with Gasteiger partial charge in [0.2, 0.25) is 6.43 Å². The maximum absolute atomic E-state index is 14.5. The number of carbonyl (C=O) groups excluding carboxylic acids is 1. The Morgan fingerprint density at radius 1 is 1.11 bits per heavy atom. The van der Waals surface area contributed by atoms with Crippen molar-refractivity contribution >= 4 is 28.4 Å². The Bertz CT molecular complexity index is 1700. The zero-order valence-corrected chi connectivity index (χ0v) is 23.6. The third-order valence-corrected chi connectivity index (χ3v) is 7.62. The van der Waals surface area contributed by atoms with Gasteiger partial charge in [-0.2, -0.15) is 13.2 Å². The van der Waals surface area contributed by atoms with Crippen molar-refractivity contribution in [2.24, 2.45) is 0 Å². The van der Waals surface area contributed by atoms with E-state index in [0.29, 0.717) is 15.9 Å². The second-order valence-electron chi connectivity index (χ2n) is 10.2. The molecule has 2 aromatic carbocycles. The molecule has 1 N–H and O–H groups in total. The van der Waals surface area contributed by atoms with E-state index in [2.05, 4.69) is 15.3 Å². The normalized spacial score (nSPS) is 14.8. The third kappa shape index (κ3) is 5.84. The van der Waals surface area contributed by atoms with Crippen molar-refractivity contribution in [1.29, 1.82) is 0 Å². The van der Waals surface area contributed by atoms with Crippen molar-refractivity contribution in [3.63, 3.8) is 0 Å². The molecule has 5 rings (SSSR count). The number of fused-ring (bicyclic) bond motifs is 2. The summed E-state index contributed by atoms with van der Waals surface area (Å²) in [5.41, 5.74) is -2.83. The number of ether oxygens (including phenoxy) is 2. The summed E-state index contributed by atoms with van der Waals surface area (Å²) in [6, 6.07) is 9.15. The predicted octanol–water partition coefficient (Wildman–Crippen LogP) is 7.33. The molecule has 0 saturated heterocycles. The van der Waals surface area contributed by atoms with Gasteiger partial charge in [-0.25, -0.2) is 22.5 Å². The largest absolute Gasteiger partial charge is 0.494 e. The monoisotopic (exact) mass is 641 g/mol. The van der Waals surface area contributed by atoms with Gasteiger partial charge in [0.15, 0.2) is 0 Å². The van der Waals surface area contributed by atoms with Gasteiger partial charge in [0.25, 0.3) is 5.91 Å². The molecule has 44 heavy (non-hydrogen) atoms. The van der Waals surface area contributed by atoms with Gasteiger partial charge in [-0.15, -0.1) is 0 Å². The van der Waals surface area contributed by atoms with E-state index in [4.69, 9.17) is 21.1 Å². The molecule has 232 valence electrons. The van der Waals surface area contributed by atoms with Crippen LogP contribution in [-0.4, -0.2) is 55.9 Å². The van der Waals surface area contributed by atoms with E-state index in [1.54, 1.807) is 6.07 Å². The molecule has 6 nitrogen and oxygen atoms in total. The Hall–Kier alpha value is -4.13. The molecule has 1 aliphatic rings.